The molecule has 1 aliphatic heterocycles. The molecule has 1 heterocycles. The number of fused-ring (bicyclic) bond motifs is 1. The van der Waals surface area contributed by atoms with Crippen molar-refractivity contribution >= 4 is 17.4 Å². The maximum atomic E-state index is 13.5. The molecule has 3 fully saturated rings. The van der Waals surface area contributed by atoms with E-state index in [4.69, 9.17) is 0 Å². The number of β-amino-alcohol motifs (C(OH)–C–C–N with tert-alkyl or cyclic N) is 1. The third-order valence-electron chi connectivity index (χ3n) is 8.19. The van der Waals surface area contributed by atoms with E-state index in [1.807, 2.05) is 23.1 Å². The van der Waals surface area contributed by atoms with E-state index >= 15 is 0 Å². The summed E-state index contributed by atoms with van der Waals surface area (Å²) in [5.41, 5.74) is 2.35. The number of rotatable bonds is 7. The molecule has 2 aliphatic carbocycles. The van der Waals surface area contributed by atoms with Crippen LogP contribution in [0, 0.1) is 27.4 Å². The van der Waals surface area contributed by atoms with Crippen LogP contribution in [0.5, 0.6) is 0 Å². The van der Waals surface area contributed by atoms with Crippen LogP contribution >= 0.6 is 0 Å². The van der Waals surface area contributed by atoms with Crippen molar-refractivity contribution in [2.45, 2.75) is 49.7 Å². The topological polar surface area (TPSA) is 123 Å². The van der Waals surface area contributed by atoms with Gasteiger partial charge in [-0.2, -0.15) is 5.26 Å². The van der Waals surface area contributed by atoms with Crippen molar-refractivity contribution in [3.8, 4) is 6.07 Å². The van der Waals surface area contributed by atoms with Crippen LogP contribution in [0.25, 0.3) is 0 Å². The van der Waals surface area contributed by atoms with E-state index in [1.54, 1.807) is 12.1 Å². The molecule has 2 aromatic rings. The molecule has 5 rings (SSSR count). The summed E-state index contributed by atoms with van der Waals surface area (Å²) in [6.07, 6.45) is 4.20. The van der Waals surface area contributed by atoms with Crippen molar-refractivity contribution in [3.05, 3.63) is 69.8 Å². The maximum absolute atomic E-state index is 13.5. The van der Waals surface area contributed by atoms with Gasteiger partial charge in [-0.05, 0) is 67.2 Å². The van der Waals surface area contributed by atoms with Crippen LogP contribution < -0.4 is 5.32 Å². The molecule has 9 heteroatoms. The molecule has 0 bridgehead atoms. The molecular formula is C27H31N5O4. The number of aliphatic hydroxyl groups excluding tert-OH is 1. The Morgan fingerprint density at radius 3 is 2.83 bits per heavy atom. The first-order chi connectivity index (χ1) is 17.4. The van der Waals surface area contributed by atoms with Gasteiger partial charge in [0.2, 0.25) is 0 Å². The SMILES string of the molecule is N#Cc1cccc([C@]23CCC(N(CCN4CC[C@@H](O)C4)C(=O)Nc4cccc([N+](=O)[O-])c4)CC2C3)c1. The number of hydrogen-bond donors (Lipinski definition) is 2. The lowest BCUT2D eigenvalue weighted by molar-refractivity contribution is -0.384. The van der Waals surface area contributed by atoms with E-state index in [0.29, 0.717) is 36.8 Å². The van der Waals surface area contributed by atoms with Crippen molar-refractivity contribution in [3.63, 3.8) is 0 Å². The molecule has 36 heavy (non-hydrogen) atoms. The van der Waals surface area contributed by atoms with Gasteiger partial charge in [0.15, 0.2) is 0 Å². The molecule has 4 atom stereocenters. The predicted octanol–water partition coefficient (Wildman–Crippen LogP) is 3.88. The van der Waals surface area contributed by atoms with Crippen LogP contribution in [-0.2, 0) is 5.41 Å². The Hall–Kier alpha value is -3.48. The Balaban J connectivity index is 1.30. The lowest BCUT2D eigenvalue weighted by Crippen LogP contribution is -2.48. The van der Waals surface area contributed by atoms with Crippen LogP contribution in [0.15, 0.2) is 48.5 Å². The van der Waals surface area contributed by atoms with Gasteiger partial charge in [0.25, 0.3) is 5.69 Å². The zero-order chi connectivity index (χ0) is 25.3. The van der Waals surface area contributed by atoms with Crippen LogP contribution in [0.2, 0.25) is 0 Å². The molecule has 3 aliphatic rings. The monoisotopic (exact) mass is 489 g/mol. The fraction of sp³-hybridized carbons (Fsp3) is 0.481. The number of likely N-dealkylation sites (tertiary alicyclic amines) is 1. The summed E-state index contributed by atoms with van der Waals surface area (Å²) < 4.78 is 0. The number of aliphatic hydroxyl groups is 1. The van der Waals surface area contributed by atoms with Gasteiger partial charge in [-0.25, -0.2) is 4.79 Å². The standard InChI is InChI=1S/C27H31N5O4/c28-17-19-3-1-4-20(13-19)27-9-7-23(14-21(27)16-27)31(12-11-30-10-8-25(33)18-30)26(34)29-22-5-2-6-24(15-22)32(35)36/h1-6,13,15,21,23,25,33H,7-12,14,16,18H2,(H,29,34)/t21?,23?,25-,27-/m1/s1. The number of urea groups is 1. The van der Waals surface area contributed by atoms with E-state index in [0.717, 1.165) is 38.6 Å². The van der Waals surface area contributed by atoms with E-state index in [-0.39, 0.29) is 29.3 Å². The van der Waals surface area contributed by atoms with Gasteiger partial charge in [-0.3, -0.25) is 15.0 Å². The largest absolute Gasteiger partial charge is 0.392 e. The van der Waals surface area contributed by atoms with Crippen LogP contribution in [0.4, 0.5) is 16.2 Å². The molecule has 2 unspecified atom stereocenters. The molecule has 2 N–H and O–H groups in total. The number of nitrogens with zero attached hydrogens (tertiary/aromatic N) is 4. The Labute approximate surface area is 210 Å². The molecule has 2 amide bonds. The van der Waals surface area contributed by atoms with Gasteiger partial charge < -0.3 is 15.3 Å². The lowest BCUT2D eigenvalue weighted by atomic mass is 9.80. The summed E-state index contributed by atoms with van der Waals surface area (Å²) in [5.74, 6) is 0.465. The minimum absolute atomic E-state index is 0.0644. The number of benzene rings is 2. The summed E-state index contributed by atoms with van der Waals surface area (Å²) >= 11 is 0. The minimum atomic E-state index is -0.471. The van der Waals surface area contributed by atoms with Gasteiger partial charge in [-0.1, -0.05) is 18.2 Å². The summed E-state index contributed by atoms with van der Waals surface area (Å²) in [7, 11) is 0. The molecule has 0 aromatic heterocycles. The van der Waals surface area contributed by atoms with E-state index in [1.165, 1.54) is 17.7 Å². The van der Waals surface area contributed by atoms with Crippen molar-refractivity contribution in [2.75, 3.05) is 31.5 Å². The van der Waals surface area contributed by atoms with Crippen LogP contribution in [0.1, 0.15) is 43.2 Å². The molecule has 2 saturated carbocycles. The Morgan fingerprint density at radius 1 is 1.28 bits per heavy atom. The Bertz CT molecular complexity index is 1200. The highest BCUT2D eigenvalue weighted by atomic mass is 16.6. The number of anilines is 1. The normalized spacial score (nSPS) is 27.1. The molecule has 2 aromatic carbocycles. The fourth-order valence-electron chi connectivity index (χ4n) is 6.15. The first kappa shape index (κ1) is 24.2. The number of carbonyl (C=O) groups is 1. The second-order valence-electron chi connectivity index (χ2n) is 10.4. The fourth-order valence-corrected chi connectivity index (χ4v) is 6.15. The average molecular weight is 490 g/mol. The molecular weight excluding hydrogens is 458 g/mol. The highest BCUT2D eigenvalue weighted by molar-refractivity contribution is 5.90. The zero-order valence-electron chi connectivity index (χ0n) is 20.2. The molecule has 0 radical (unpaired) electrons. The third-order valence-corrected chi connectivity index (χ3v) is 8.19. The first-order valence-electron chi connectivity index (χ1n) is 12.6. The lowest BCUT2D eigenvalue weighted by Gasteiger charge is -2.37. The van der Waals surface area contributed by atoms with Crippen molar-refractivity contribution in [1.82, 2.24) is 9.80 Å². The number of non-ortho nitro benzene ring substituents is 1. The number of hydrogen-bond acceptors (Lipinski definition) is 6. The second kappa shape index (κ2) is 9.88. The first-order valence-corrected chi connectivity index (χ1v) is 12.6. The quantitative estimate of drug-likeness (QED) is 0.450. The molecule has 188 valence electrons. The number of nitrogens with one attached hydrogen (secondary N) is 1. The number of amides is 2. The van der Waals surface area contributed by atoms with E-state index in [2.05, 4.69) is 22.4 Å². The number of nitro benzene ring substituents is 1. The van der Waals surface area contributed by atoms with Gasteiger partial charge in [-0.15, -0.1) is 0 Å². The summed E-state index contributed by atoms with van der Waals surface area (Å²) in [6, 6.07) is 16.0. The number of nitriles is 1. The van der Waals surface area contributed by atoms with Gasteiger partial charge in [0.1, 0.15) is 0 Å². The number of nitro groups is 1. The van der Waals surface area contributed by atoms with Crippen molar-refractivity contribution in [2.24, 2.45) is 5.92 Å². The van der Waals surface area contributed by atoms with Crippen LogP contribution in [-0.4, -0.2) is 64.2 Å². The molecule has 0 spiro atoms. The summed E-state index contributed by atoms with van der Waals surface area (Å²) in [5, 5.41) is 33.2. The van der Waals surface area contributed by atoms with Crippen molar-refractivity contribution < 1.29 is 14.8 Å². The highest BCUT2D eigenvalue weighted by Gasteiger charge is 2.58. The summed E-state index contributed by atoms with van der Waals surface area (Å²) in [6.45, 7) is 2.64. The van der Waals surface area contributed by atoms with Gasteiger partial charge in [0, 0.05) is 50.0 Å². The highest BCUT2D eigenvalue weighted by Crippen LogP contribution is 2.62. The smallest absolute Gasteiger partial charge is 0.322 e. The van der Waals surface area contributed by atoms with E-state index < -0.39 is 4.92 Å². The Morgan fingerprint density at radius 2 is 2.11 bits per heavy atom. The predicted molar refractivity (Wildman–Crippen MR) is 134 cm³/mol. The minimum Gasteiger partial charge on any atom is -0.392 e. The molecule has 9 nitrogen and oxygen atoms in total. The van der Waals surface area contributed by atoms with Gasteiger partial charge in [0.05, 0.1) is 22.7 Å². The van der Waals surface area contributed by atoms with E-state index in [9.17, 15) is 25.3 Å². The van der Waals surface area contributed by atoms with Crippen molar-refractivity contribution in [1.29, 1.82) is 5.26 Å². The van der Waals surface area contributed by atoms with Gasteiger partial charge >= 0.3 is 6.03 Å². The average Bonchev–Trinajstić information content (AvgIpc) is 3.49. The third kappa shape index (κ3) is 4.92. The molecule has 1 saturated heterocycles. The van der Waals surface area contributed by atoms with Crippen LogP contribution in [0.3, 0.4) is 0 Å². The number of carbonyl (C=O) groups excluding carboxylic acids is 1. The summed E-state index contributed by atoms with van der Waals surface area (Å²) in [4.78, 5) is 28.2. The second-order valence-corrected chi connectivity index (χ2v) is 10.4. The Kier molecular flexibility index (Phi) is 6.65. The maximum Gasteiger partial charge on any atom is 0.322 e. The zero-order valence-corrected chi connectivity index (χ0v) is 20.2.